The Kier molecular flexibility index (Phi) is 6.51. The maximum absolute atomic E-state index is 15.4. The van der Waals surface area contributed by atoms with E-state index >= 15 is 4.39 Å². The van der Waals surface area contributed by atoms with Crippen LogP contribution in [0.4, 0.5) is 10.2 Å². The van der Waals surface area contributed by atoms with Crippen LogP contribution in [-0.2, 0) is 11.3 Å². The molecule has 1 saturated carbocycles. The van der Waals surface area contributed by atoms with E-state index in [4.69, 9.17) is 11.6 Å². The molecule has 6 nitrogen and oxygen atoms in total. The minimum atomic E-state index is -0.424. The molecule has 2 aliphatic rings. The van der Waals surface area contributed by atoms with Gasteiger partial charge in [-0.1, -0.05) is 13.8 Å². The largest absolute Gasteiger partial charge is 0.364 e. The molecular formula is C23H31ClFN5O. The number of hydrogen-bond donors (Lipinski definition) is 2. The van der Waals surface area contributed by atoms with Crippen molar-refractivity contribution in [2.24, 2.45) is 17.8 Å². The molecule has 2 aromatic rings. The summed E-state index contributed by atoms with van der Waals surface area (Å²) in [5, 5.41) is 10.8. The van der Waals surface area contributed by atoms with E-state index < -0.39 is 5.82 Å². The van der Waals surface area contributed by atoms with Crippen molar-refractivity contribution in [1.29, 1.82) is 0 Å². The molecule has 0 radical (unpaired) electrons. The molecule has 1 aliphatic carbocycles. The van der Waals surface area contributed by atoms with Gasteiger partial charge in [0.15, 0.2) is 11.6 Å². The second-order valence-corrected chi connectivity index (χ2v) is 9.99. The molecule has 168 valence electrons. The molecule has 2 N–H and O–H groups in total. The molecule has 1 amide bonds. The van der Waals surface area contributed by atoms with Crippen molar-refractivity contribution in [3.63, 3.8) is 0 Å². The van der Waals surface area contributed by atoms with Gasteiger partial charge in [0.1, 0.15) is 0 Å². The minimum absolute atomic E-state index is 0.0286. The van der Waals surface area contributed by atoms with Crippen molar-refractivity contribution in [3.05, 3.63) is 30.3 Å². The van der Waals surface area contributed by atoms with Crippen LogP contribution in [-0.4, -0.2) is 38.1 Å². The molecule has 1 saturated heterocycles. The van der Waals surface area contributed by atoms with Gasteiger partial charge in [0.25, 0.3) is 0 Å². The smallest absolute Gasteiger partial charge is 0.225 e. The Morgan fingerprint density at radius 2 is 2.06 bits per heavy atom. The lowest BCUT2D eigenvalue weighted by Gasteiger charge is -2.42. The minimum Gasteiger partial charge on any atom is -0.364 e. The average molecular weight is 448 g/mol. The van der Waals surface area contributed by atoms with Gasteiger partial charge in [-0.2, -0.15) is 5.10 Å². The fourth-order valence-electron chi connectivity index (χ4n) is 4.92. The number of nitrogens with one attached hydrogen (secondary N) is 2. The molecule has 2 fully saturated rings. The Morgan fingerprint density at radius 1 is 1.26 bits per heavy atom. The van der Waals surface area contributed by atoms with E-state index in [0.717, 1.165) is 31.4 Å². The van der Waals surface area contributed by atoms with Crippen LogP contribution in [0.1, 0.15) is 46.5 Å². The molecule has 5 atom stereocenters. The van der Waals surface area contributed by atoms with Crippen LogP contribution in [0.15, 0.2) is 24.5 Å². The highest BCUT2D eigenvalue weighted by molar-refractivity contribution is 6.20. The van der Waals surface area contributed by atoms with Crippen LogP contribution in [0.2, 0.25) is 0 Å². The number of amides is 1. The number of aromatic nitrogens is 3. The average Bonchev–Trinajstić information content (AvgIpc) is 3.16. The van der Waals surface area contributed by atoms with E-state index in [2.05, 4.69) is 34.6 Å². The van der Waals surface area contributed by atoms with Gasteiger partial charge in [-0.15, -0.1) is 11.6 Å². The number of fused-ring (bicyclic) bond motifs is 1. The highest BCUT2D eigenvalue weighted by atomic mass is 35.5. The first-order valence-electron chi connectivity index (χ1n) is 11.2. The SMILES string of the molecule is CC(C)Cn1nccc1-c1ccnc(N[C@@H](C)C2CC3CC(Cl)CCC3NC2=O)c1F. The van der Waals surface area contributed by atoms with Crippen molar-refractivity contribution in [1.82, 2.24) is 20.1 Å². The molecule has 31 heavy (non-hydrogen) atoms. The molecule has 2 aromatic heterocycles. The molecule has 0 bridgehead atoms. The third-order valence-corrected chi connectivity index (χ3v) is 6.92. The summed E-state index contributed by atoms with van der Waals surface area (Å²) in [6.45, 7) is 6.82. The van der Waals surface area contributed by atoms with Gasteiger partial charge in [-0.05, 0) is 56.6 Å². The van der Waals surface area contributed by atoms with Crippen LogP contribution in [0.5, 0.6) is 0 Å². The standard InChI is InChI=1S/C23H31ClFN5O/c1-13(2)12-30-20(7-9-27-30)17-6-8-26-22(21(17)25)28-14(3)18-11-15-10-16(24)4-5-19(15)29-23(18)31/h6-9,13-16,18-19H,4-5,10-12H2,1-3H3,(H,26,28)(H,29,31)/t14-,15?,16?,18?,19?/m0/s1. The summed E-state index contributed by atoms with van der Waals surface area (Å²) in [6, 6.07) is 3.44. The zero-order chi connectivity index (χ0) is 22.1. The van der Waals surface area contributed by atoms with Crippen molar-refractivity contribution in [3.8, 4) is 11.3 Å². The Labute approximate surface area is 188 Å². The fraction of sp³-hybridized carbons (Fsp3) is 0.609. The maximum atomic E-state index is 15.4. The van der Waals surface area contributed by atoms with Crippen LogP contribution in [0.3, 0.4) is 0 Å². The lowest BCUT2D eigenvalue weighted by atomic mass is 9.74. The molecule has 8 heteroatoms. The Balaban J connectivity index is 1.51. The number of alkyl halides is 1. The number of pyridine rings is 1. The third-order valence-electron chi connectivity index (χ3n) is 6.53. The summed E-state index contributed by atoms with van der Waals surface area (Å²) in [5.74, 6) is 0.281. The monoisotopic (exact) mass is 447 g/mol. The molecule has 3 heterocycles. The van der Waals surface area contributed by atoms with Gasteiger partial charge in [0.2, 0.25) is 5.91 Å². The Morgan fingerprint density at radius 3 is 2.84 bits per heavy atom. The van der Waals surface area contributed by atoms with Crippen molar-refractivity contribution in [2.75, 3.05) is 5.32 Å². The second-order valence-electron chi connectivity index (χ2n) is 9.37. The molecule has 0 spiro atoms. The summed E-state index contributed by atoms with van der Waals surface area (Å²) in [7, 11) is 0. The number of anilines is 1. The van der Waals surface area contributed by atoms with Gasteiger partial charge in [-0.25, -0.2) is 9.37 Å². The summed E-state index contributed by atoms with van der Waals surface area (Å²) < 4.78 is 17.2. The number of piperidine rings is 1. The summed E-state index contributed by atoms with van der Waals surface area (Å²) >= 11 is 6.37. The molecule has 4 rings (SSSR count). The van der Waals surface area contributed by atoms with E-state index in [-0.39, 0.29) is 35.1 Å². The van der Waals surface area contributed by atoms with Crippen LogP contribution >= 0.6 is 11.6 Å². The van der Waals surface area contributed by atoms with Crippen LogP contribution < -0.4 is 10.6 Å². The summed E-state index contributed by atoms with van der Waals surface area (Å²) in [6.07, 6.45) is 6.83. The highest BCUT2D eigenvalue weighted by Gasteiger charge is 2.41. The first-order chi connectivity index (χ1) is 14.8. The zero-order valence-electron chi connectivity index (χ0n) is 18.3. The number of carbonyl (C=O) groups excluding carboxylic acids is 1. The second kappa shape index (κ2) is 9.15. The van der Waals surface area contributed by atoms with Crippen molar-refractivity contribution < 1.29 is 9.18 Å². The van der Waals surface area contributed by atoms with Crippen LogP contribution in [0.25, 0.3) is 11.3 Å². The van der Waals surface area contributed by atoms with E-state index in [9.17, 15) is 4.79 Å². The van der Waals surface area contributed by atoms with Crippen molar-refractivity contribution >= 4 is 23.3 Å². The predicted octanol–water partition coefficient (Wildman–Crippen LogP) is 4.45. The predicted molar refractivity (Wildman–Crippen MR) is 120 cm³/mol. The lowest BCUT2D eigenvalue weighted by Crippen LogP contribution is -2.55. The van der Waals surface area contributed by atoms with E-state index in [1.165, 1.54) is 0 Å². The first-order valence-corrected chi connectivity index (χ1v) is 11.6. The molecule has 0 aromatic carbocycles. The number of nitrogens with zero attached hydrogens (tertiary/aromatic N) is 3. The fourth-order valence-corrected chi connectivity index (χ4v) is 5.28. The highest BCUT2D eigenvalue weighted by Crippen LogP contribution is 2.37. The van der Waals surface area contributed by atoms with Crippen LogP contribution in [0, 0.1) is 23.6 Å². The maximum Gasteiger partial charge on any atom is 0.225 e. The number of hydrogen-bond acceptors (Lipinski definition) is 4. The van der Waals surface area contributed by atoms with Gasteiger partial charge in [0.05, 0.1) is 11.6 Å². The topological polar surface area (TPSA) is 71.8 Å². The lowest BCUT2D eigenvalue weighted by molar-refractivity contribution is -0.130. The van der Waals surface area contributed by atoms with Gasteiger partial charge in [0, 0.05) is 42.0 Å². The number of carbonyl (C=O) groups is 1. The van der Waals surface area contributed by atoms with E-state index in [0.29, 0.717) is 23.9 Å². The first kappa shape index (κ1) is 22.1. The normalized spacial score (nSPS) is 27.0. The quantitative estimate of drug-likeness (QED) is 0.641. The molecular weight excluding hydrogens is 417 g/mol. The van der Waals surface area contributed by atoms with E-state index in [1.807, 2.05) is 17.7 Å². The third kappa shape index (κ3) is 4.71. The van der Waals surface area contributed by atoms with Gasteiger partial charge in [-0.3, -0.25) is 9.48 Å². The molecule has 4 unspecified atom stereocenters. The summed E-state index contributed by atoms with van der Waals surface area (Å²) in [4.78, 5) is 17.0. The van der Waals surface area contributed by atoms with E-state index in [1.54, 1.807) is 18.5 Å². The number of rotatable bonds is 6. The van der Waals surface area contributed by atoms with Gasteiger partial charge >= 0.3 is 0 Å². The zero-order valence-corrected chi connectivity index (χ0v) is 19.1. The van der Waals surface area contributed by atoms with Gasteiger partial charge < -0.3 is 10.6 Å². The Bertz CT molecular complexity index is 932. The Hall–Kier alpha value is -2.15. The number of halogens is 2. The van der Waals surface area contributed by atoms with Crippen molar-refractivity contribution in [2.45, 2.75) is 70.5 Å². The molecule has 1 aliphatic heterocycles. The summed E-state index contributed by atoms with van der Waals surface area (Å²) in [5.41, 5.74) is 1.17.